The van der Waals surface area contributed by atoms with Crippen LogP contribution in [0.3, 0.4) is 0 Å². The highest BCUT2D eigenvalue weighted by molar-refractivity contribution is 5.99. The molecule has 0 aliphatic rings. The Morgan fingerprint density at radius 1 is 1.20 bits per heavy atom. The number of rotatable bonds is 1. The molecule has 0 spiro atoms. The van der Waals surface area contributed by atoms with E-state index in [0.29, 0.717) is 5.56 Å². The Balaban J connectivity index is 2.62. The average molecular weight is 199 g/mol. The minimum atomic E-state index is -0.0431. The zero-order valence-electron chi connectivity index (χ0n) is 8.87. The molecular formula is C13H13NO. The van der Waals surface area contributed by atoms with E-state index >= 15 is 0 Å². The van der Waals surface area contributed by atoms with Gasteiger partial charge in [0.05, 0.1) is 0 Å². The Morgan fingerprint density at radius 2 is 2.00 bits per heavy atom. The standard InChI is InChI=1S/C13H13NO/c1-9-4-3-5-10-8-11(13(15)14-2)6-7-12(9)10/h3-8H,1-2H3,(H,14,15). The van der Waals surface area contributed by atoms with E-state index in [1.807, 2.05) is 30.3 Å². The first-order valence-electron chi connectivity index (χ1n) is 4.94. The Bertz CT molecular complexity index is 517. The molecule has 0 atom stereocenters. The number of fused-ring (bicyclic) bond motifs is 1. The molecule has 0 heterocycles. The Kier molecular flexibility index (Phi) is 2.42. The van der Waals surface area contributed by atoms with Crippen molar-refractivity contribution >= 4 is 16.7 Å². The first-order chi connectivity index (χ1) is 7.22. The molecule has 2 aromatic carbocycles. The van der Waals surface area contributed by atoms with Crippen LogP contribution in [0.1, 0.15) is 15.9 Å². The summed E-state index contributed by atoms with van der Waals surface area (Å²) in [5, 5.41) is 4.93. The SMILES string of the molecule is CNC(=O)c1ccc2c(C)cccc2c1. The molecule has 2 nitrogen and oxygen atoms in total. The topological polar surface area (TPSA) is 29.1 Å². The third-order valence-electron chi connectivity index (χ3n) is 2.59. The molecule has 15 heavy (non-hydrogen) atoms. The molecule has 76 valence electrons. The highest BCUT2D eigenvalue weighted by Gasteiger charge is 2.04. The molecule has 0 saturated heterocycles. The number of carbonyl (C=O) groups excluding carboxylic acids is 1. The number of hydrogen-bond acceptors (Lipinski definition) is 1. The van der Waals surface area contributed by atoms with Crippen molar-refractivity contribution in [2.24, 2.45) is 0 Å². The van der Waals surface area contributed by atoms with Crippen molar-refractivity contribution < 1.29 is 4.79 Å². The Morgan fingerprint density at radius 3 is 2.73 bits per heavy atom. The van der Waals surface area contributed by atoms with Crippen LogP contribution >= 0.6 is 0 Å². The molecule has 1 amide bonds. The average Bonchev–Trinajstić information content (AvgIpc) is 2.28. The van der Waals surface area contributed by atoms with Crippen LogP contribution < -0.4 is 5.32 Å². The predicted octanol–water partition coefficient (Wildman–Crippen LogP) is 2.51. The first-order valence-corrected chi connectivity index (χ1v) is 4.94. The van der Waals surface area contributed by atoms with Crippen LogP contribution in [-0.4, -0.2) is 13.0 Å². The van der Waals surface area contributed by atoms with Crippen molar-refractivity contribution in [3.8, 4) is 0 Å². The summed E-state index contributed by atoms with van der Waals surface area (Å²) < 4.78 is 0. The zero-order chi connectivity index (χ0) is 10.8. The minimum Gasteiger partial charge on any atom is -0.355 e. The van der Waals surface area contributed by atoms with Crippen LogP contribution in [-0.2, 0) is 0 Å². The summed E-state index contributed by atoms with van der Waals surface area (Å²) in [6.07, 6.45) is 0. The van der Waals surface area contributed by atoms with Gasteiger partial charge in [-0.3, -0.25) is 4.79 Å². The lowest BCUT2D eigenvalue weighted by molar-refractivity contribution is 0.0963. The van der Waals surface area contributed by atoms with Gasteiger partial charge in [0, 0.05) is 12.6 Å². The third kappa shape index (κ3) is 1.71. The lowest BCUT2D eigenvalue weighted by Crippen LogP contribution is -2.17. The van der Waals surface area contributed by atoms with Gasteiger partial charge in [-0.2, -0.15) is 0 Å². The van der Waals surface area contributed by atoms with Crippen molar-refractivity contribution in [2.45, 2.75) is 6.92 Å². The molecule has 2 heteroatoms. The number of nitrogens with one attached hydrogen (secondary N) is 1. The maximum atomic E-state index is 11.4. The largest absolute Gasteiger partial charge is 0.355 e. The summed E-state index contributed by atoms with van der Waals surface area (Å²) in [6.45, 7) is 2.07. The van der Waals surface area contributed by atoms with E-state index < -0.39 is 0 Å². The molecule has 1 N–H and O–H groups in total. The van der Waals surface area contributed by atoms with Crippen molar-refractivity contribution in [3.63, 3.8) is 0 Å². The molecule has 0 aromatic heterocycles. The van der Waals surface area contributed by atoms with Crippen molar-refractivity contribution in [2.75, 3.05) is 7.05 Å². The van der Waals surface area contributed by atoms with Gasteiger partial charge in [0.15, 0.2) is 0 Å². The fourth-order valence-corrected chi connectivity index (χ4v) is 1.73. The lowest BCUT2D eigenvalue weighted by atomic mass is 10.0. The predicted molar refractivity (Wildman–Crippen MR) is 62.1 cm³/mol. The van der Waals surface area contributed by atoms with E-state index in [2.05, 4.69) is 18.3 Å². The molecule has 2 rings (SSSR count). The van der Waals surface area contributed by atoms with E-state index in [-0.39, 0.29) is 5.91 Å². The third-order valence-corrected chi connectivity index (χ3v) is 2.59. The quantitative estimate of drug-likeness (QED) is 0.751. The summed E-state index contributed by atoms with van der Waals surface area (Å²) in [6, 6.07) is 11.9. The first kappa shape index (κ1) is 9.71. The molecular weight excluding hydrogens is 186 g/mol. The van der Waals surface area contributed by atoms with E-state index in [1.54, 1.807) is 7.05 Å². The van der Waals surface area contributed by atoms with Crippen molar-refractivity contribution in [3.05, 3.63) is 47.5 Å². The van der Waals surface area contributed by atoms with E-state index in [0.717, 1.165) is 5.39 Å². The number of hydrogen-bond donors (Lipinski definition) is 1. The molecule has 0 aliphatic carbocycles. The van der Waals surface area contributed by atoms with Gasteiger partial charge in [-0.05, 0) is 35.4 Å². The summed E-state index contributed by atoms with van der Waals surface area (Å²) in [5.41, 5.74) is 1.94. The second-order valence-electron chi connectivity index (χ2n) is 3.59. The highest BCUT2D eigenvalue weighted by Crippen LogP contribution is 2.19. The fraction of sp³-hybridized carbons (Fsp3) is 0.154. The lowest BCUT2D eigenvalue weighted by Gasteiger charge is -2.04. The molecule has 0 saturated carbocycles. The maximum absolute atomic E-state index is 11.4. The van der Waals surface area contributed by atoms with Crippen LogP contribution in [0.4, 0.5) is 0 Å². The summed E-state index contributed by atoms with van der Waals surface area (Å²) >= 11 is 0. The molecule has 0 bridgehead atoms. The van der Waals surface area contributed by atoms with Crippen LogP contribution in [0.25, 0.3) is 10.8 Å². The van der Waals surface area contributed by atoms with Gasteiger partial charge in [0.25, 0.3) is 5.91 Å². The second kappa shape index (κ2) is 3.73. The second-order valence-corrected chi connectivity index (χ2v) is 3.59. The zero-order valence-corrected chi connectivity index (χ0v) is 8.87. The monoisotopic (exact) mass is 199 g/mol. The Hall–Kier alpha value is -1.83. The van der Waals surface area contributed by atoms with E-state index in [9.17, 15) is 4.79 Å². The van der Waals surface area contributed by atoms with Gasteiger partial charge in [0.2, 0.25) is 0 Å². The Labute approximate surface area is 88.9 Å². The van der Waals surface area contributed by atoms with E-state index in [4.69, 9.17) is 0 Å². The van der Waals surface area contributed by atoms with E-state index in [1.165, 1.54) is 10.9 Å². The van der Waals surface area contributed by atoms with Gasteiger partial charge in [-0.25, -0.2) is 0 Å². The number of aryl methyl sites for hydroxylation is 1. The van der Waals surface area contributed by atoms with Gasteiger partial charge < -0.3 is 5.32 Å². The van der Waals surface area contributed by atoms with Crippen molar-refractivity contribution in [1.82, 2.24) is 5.32 Å². The van der Waals surface area contributed by atoms with Crippen LogP contribution in [0.5, 0.6) is 0 Å². The maximum Gasteiger partial charge on any atom is 0.251 e. The van der Waals surface area contributed by atoms with Crippen LogP contribution in [0.2, 0.25) is 0 Å². The summed E-state index contributed by atoms with van der Waals surface area (Å²) in [5.74, 6) is -0.0431. The number of benzene rings is 2. The molecule has 0 aliphatic heterocycles. The fourth-order valence-electron chi connectivity index (χ4n) is 1.73. The summed E-state index contributed by atoms with van der Waals surface area (Å²) in [4.78, 5) is 11.4. The smallest absolute Gasteiger partial charge is 0.251 e. The van der Waals surface area contributed by atoms with Gasteiger partial charge in [-0.1, -0.05) is 24.3 Å². The van der Waals surface area contributed by atoms with Crippen LogP contribution in [0.15, 0.2) is 36.4 Å². The minimum absolute atomic E-state index is 0.0431. The highest BCUT2D eigenvalue weighted by atomic mass is 16.1. The van der Waals surface area contributed by atoms with Crippen LogP contribution in [0, 0.1) is 6.92 Å². The van der Waals surface area contributed by atoms with Gasteiger partial charge in [0.1, 0.15) is 0 Å². The number of carbonyl (C=O) groups is 1. The van der Waals surface area contributed by atoms with Crippen molar-refractivity contribution in [1.29, 1.82) is 0 Å². The molecule has 0 unspecified atom stereocenters. The molecule has 0 radical (unpaired) electrons. The van der Waals surface area contributed by atoms with Gasteiger partial charge >= 0.3 is 0 Å². The normalized spacial score (nSPS) is 10.3. The summed E-state index contributed by atoms with van der Waals surface area (Å²) in [7, 11) is 1.64. The number of amides is 1. The molecule has 2 aromatic rings. The van der Waals surface area contributed by atoms with Gasteiger partial charge in [-0.15, -0.1) is 0 Å². The molecule has 0 fully saturated rings.